The van der Waals surface area contributed by atoms with E-state index in [1.807, 2.05) is 0 Å². The van der Waals surface area contributed by atoms with Crippen LogP contribution in [-0.4, -0.2) is 57.4 Å². The predicted molar refractivity (Wildman–Crippen MR) is 116 cm³/mol. The van der Waals surface area contributed by atoms with E-state index in [0.29, 0.717) is 13.0 Å². The lowest BCUT2D eigenvalue weighted by molar-refractivity contribution is -0.142. The van der Waals surface area contributed by atoms with Crippen LogP contribution in [0.15, 0.2) is 18.7 Å². The number of nitrogens with one attached hydrogen (secondary N) is 4. The van der Waals surface area contributed by atoms with Crippen molar-refractivity contribution in [2.24, 2.45) is 5.92 Å². The summed E-state index contributed by atoms with van der Waals surface area (Å²) in [6, 6.07) is -0.535. The molecule has 2 atom stereocenters. The molecule has 0 aromatic carbocycles. The van der Waals surface area contributed by atoms with E-state index < -0.39 is 29.9 Å². The van der Waals surface area contributed by atoms with Crippen LogP contribution in [0, 0.1) is 5.92 Å². The first-order valence-corrected chi connectivity index (χ1v) is 9.95. The average molecular weight is 455 g/mol. The lowest BCUT2D eigenvalue weighted by atomic mass is 10.0. The van der Waals surface area contributed by atoms with E-state index in [4.69, 9.17) is 16.7 Å². The Morgan fingerprint density at radius 1 is 1.19 bits per heavy atom. The monoisotopic (exact) mass is 454 g/mol. The van der Waals surface area contributed by atoms with Crippen LogP contribution in [0.1, 0.15) is 33.6 Å². The summed E-state index contributed by atoms with van der Waals surface area (Å²) in [7, 11) is 0. The van der Waals surface area contributed by atoms with Gasteiger partial charge in [-0.1, -0.05) is 32.0 Å². The zero-order valence-corrected chi connectivity index (χ0v) is 18.3. The van der Waals surface area contributed by atoms with Gasteiger partial charge < -0.3 is 26.4 Å². The molecule has 0 saturated heterocycles. The van der Waals surface area contributed by atoms with Gasteiger partial charge in [-0.3, -0.25) is 19.2 Å². The number of anilines is 2. The topological polar surface area (TPSA) is 162 Å². The first kappa shape index (κ1) is 25.8. The van der Waals surface area contributed by atoms with Gasteiger partial charge in [-0.15, -0.1) is 0 Å². The summed E-state index contributed by atoms with van der Waals surface area (Å²) in [6.07, 6.45) is 1.60. The third-order valence-electron chi connectivity index (χ3n) is 3.99. The fourth-order valence-electron chi connectivity index (χ4n) is 2.33. The number of carboxylic acids is 1. The number of halogens is 1. The zero-order chi connectivity index (χ0) is 23.6. The van der Waals surface area contributed by atoms with E-state index >= 15 is 0 Å². The standard InChI is InChI=1S/C19H27ClN6O5/c1-5-14(27)24-13-9-12(20)23-19(25-13)21-8-6-7-15(28)26-16(10(2)3)17(29)22-11(4)18(30)31/h5,9-11,16H,1,6-8H2,2-4H3,(H,22,29)(H,26,28)(H,30,31)(H2,21,23,24,25,27)/t11-,16-/m0/s1. The number of hydrogen-bond donors (Lipinski definition) is 5. The molecule has 0 unspecified atom stereocenters. The molecular weight excluding hydrogens is 428 g/mol. The Labute approximate surface area is 185 Å². The molecule has 31 heavy (non-hydrogen) atoms. The first-order valence-electron chi connectivity index (χ1n) is 9.57. The zero-order valence-electron chi connectivity index (χ0n) is 17.6. The molecular formula is C19H27ClN6O5. The number of hydrogen-bond acceptors (Lipinski definition) is 7. The molecule has 0 aliphatic heterocycles. The maximum Gasteiger partial charge on any atom is 0.325 e. The molecule has 11 nitrogen and oxygen atoms in total. The van der Waals surface area contributed by atoms with Crippen LogP contribution in [0.3, 0.4) is 0 Å². The lowest BCUT2D eigenvalue weighted by Crippen LogP contribution is -2.53. The maximum absolute atomic E-state index is 12.2. The summed E-state index contributed by atoms with van der Waals surface area (Å²) >= 11 is 5.90. The number of aliphatic carboxylic acids is 1. The van der Waals surface area contributed by atoms with Crippen molar-refractivity contribution < 1.29 is 24.3 Å². The molecule has 0 saturated carbocycles. The van der Waals surface area contributed by atoms with E-state index in [1.165, 1.54) is 13.0 Å². The van der Waals surface area contributed by atoms with Crippen molar-refractivity contribution in [3.05, 3.63) is 23.9 Å². The molecule has 0 aliphatic rings. The SMILES string of the molecule is C=CC(=O)Nc1cc(Cl)nc(NCCCC(=O)N[C@H](C(=O)N[C@@H](C)C(=O)O)C(C)C)n1. The van der Waals surface area contributed by atoms with Crippen LogP contribution in [0.5, 0.6) is 0 Å². The summed E-state index contributed by atoms with van der Waals surface area (Å²) in [5, 5.41) is 19.4. The molecule has 0 fully saturated rings. The summed E-state index contributed by atoms with van der Waals surface area (Å²) in [4.78, 5) is 54.8. The Kier molecular flexibility index (Phi) is 10.4. The van der Waals surface area contributed by atoms with E-state index in [2.05, 4.69) is 37.8 Å². The predicted octanol–water partition coefficient (Wildman–Crippen LogP) is 1.18. The van der Waals surface area contributed by atoms with Crippen molar-refractivity contribution in [2.45, 2.75) is 45.7 Å². The van der Waals surface area contributed by atoms with Gasteiger partial charge in [0.15, 0.2) is 0 Å². The normalized spacial score (nSPS) is 12.4. The van der Waals surface area contributed by atoms with E-state index in [0.717, 1.165) is 6.08 Å². The molecule has 12 heteroatoms. The van der Waals surface area contributed by atoms with E-state index in [9.17, 15) is 19.2 Å². The molecule has 0 spiro atoms. The third kappa shape index (κ3) is 9.43. The highest BCUT2D eigenvalue weighted by molar-refractivity contribution is 6.29. The van der Waals surface area contributed by atoms with Gasteiger partial charge in [0.1, 0.15) is 23.1 Å². The Morgan fingerprint density at radius 3 is 2.45 bits per heavy atom. The summed E-state index contributed by atoms with van der Waals surface area (Å²) in [5.74, 6) is -2.38. The number of amides is 3. The molecule has 170 valence electrons. The van der Waals surface area contributed by atoms with Crippen molar-refractivity contribution >= 4 is 47.1 Å². The Bertz CT molecular complexity index is 832. The van der Waals surface area contributed by atoms with Crippen LogP contribution in [-0.2, 0) is 19.2 Å². The van der Waals surface area contributed by atoms with Gasteiger partial charge in [0.05, 0.1) is 0 Å². The number of carboxylic acid groups (broad SMARTS) is 1. The van der Waals surface area contributed by atoms with Gasteiger partial charge in [0, 0.05) is 19.0 Å². The number of carbonyl (C=O) groups excluding carboxylic acids is 3. The van der Waals surface area contributed by atoms with Gasteiger partial charge in [0.25, 0.3) is 0 Å². The van der Waals surface area contributed by atoms with Crippen molar-refractivity contribution in [3.8, 4) is 0 Å². The number of rotatable bonds is 12. The van der Waals surface area contributed by atoms with Crippen molar-refractivity contribution in [3.63, 3.8) is 0 Å². The quantitative estimate of drug-likeness (QED) is 0.178. The molecule has 0 bridgehead atoms. The second-order valence-electron chi connectivity index (χ2n) is 6.98. The fourth-order valence-corrected chi connectivity index (χ4v) is 2.52. The Balaban J connectivity index is 2.53. The molecule has 1 aromatic rings. The average Bonchev–Trinajstić information content (AvgIpc) is 2.68. The van der Waals surface area contributed by atoms with Crippen LogP contribution in [0.4, 0.5) is 11.8 Å². The molecule has 5 N–H and O–H groups in total. The largest absolute Gasteiger partial charge is 0.480 e. The fraction of sp³-hybridized carbons (Fsp3) is 0.474. The van der Waals surface area contributed by atoms with Gasteiger partial charge >= 0.3 is 5.97 Å². The molecule has 1 rings (SSSR count). The highest BCUT2D eigenvalue weighted by Crippen LogP contribution is 2.14. The highest BCUT2D eigenvalue weighted by atomic mass is 35.5. The highest BCUT2D eigenvalue weighted by Gasteiger charge is 2.26. The summed E-state index contributed by atoms with van der Waals surface area (Å²) in [6.45, 7) is 8.52. The number of carbonyl (C=O) groups is 4. The smallest absolute Gasteiger partial charge is 0.325 e. The molecule has 1 heterocycles. The van der Waals surface area contributed by atoms with Crippen molar-refractivity contribution in [2.75, 3.05) is 17.2 Å². The van der Waals surface area contributed by atoms with Gasteiger partial charge in [-0.2, -0.15) is 4.98 Å². The van der Waals surface area contributed by atoms with E-state index in [-0.39, 0.29) is 35.2 Å². The molecule has 0 radical (unpaired) electrons. The second-order valence-corrected chi connectivity index (χ2v) is 7.37. The van der Waals surface area contributed by atoms with E-state index in [1.54, 1.807) is 13.8 Å². The van der Waals surface area contributed by atoms with Crippen LogP contribution in [0.2, 0.25) is 5.15 Å². The summed E-state index contributed by atoms with van der Waals surface area (Å²) < 4.78 is 0. The summed E-state index contributed by atoms with van der Waals surface area (Å²) in [5.41, 5.74) is 0. The number of nitrogens with zero attached hydrogens (tertiary/aromatic N) is 2. The van der Waals surface area contributed by atoms with Gasteiger partial charge in [-0.25, -0.2) is 4.98 Å². The van der Waals surface area contributed by atoms with Crippen LogP contribution in [0.25, 0.3) is 0 Å². The minimum atomic E-state index is -1.16. The van der Waals surface area contributed by atoms with Crippen molar-refractivity contribution in [1.29, 1.82) is 0 Å². The molecule has 1 aromatic heterocycles. The lowest BCUT2D eigenvalue weighted by Gasteiger charge is -2.23. The minimum absolute atomic E-state index is 0.110. The third-order valence-corrected chi connectivity index (χ3v) is 4.18. The molecule has 0 aliphatic carbocycles. The van der Waals surface area contributed by atoms with Crippen molar-refractivity contribution in [1.82, 2.24) is 20.6 Å². The van der Waals surface area contributed by atoms with Gasteiger partial charge in [0.2, 0.25) is 23.7 Å². The Morgan fingerprint density at radius 2 is 1.87 bits per heavy atom. The first-order chi connectivity index (χ1) is 14.5. The van der Waals surface area contributed by atoms with Crippen LogP contribution >= 0.6 is 11.6 Å². The Hall–Kier alpha value is -3.21. The number of aromatic nitrogens is 2. The van der Waals surface area contributed by atoms with Crippen LogP contribution < -0.4 is 21.3 Å². The van der Waals surface area contributed by atoms with Gasteiger partial charge in [-0.05, 0) is 25.3 Å². The molecule has 3 amide bonds. The maximum atomic E-state index is 12.2. The minimum Gasteiger partial charge on any atom is -0.480 e. The second kappa shape index (κ2) is 12.5.